The first-order chi connectivity index (χ1) is 8.26. The van der Waals surface area contributed by atoms with Crippen LogP contribution in [0.15, 0.2) is 0 Å². The maximum atomic E-state index is 11.8. The van der Waals surface area contributed by atoms with Crippen LogP contribution >= 0.6 is 0 Å². The van der Waals surface area contributed by atoms with Crippen LogP contribution in [0.5, 0.6) is 0 Å². The van der Waals surface area contributed by atoms with E-state index in [1.165, 1.54) is 0 Å². The molecular weight excluding hydrogens is 230 g/mol. The molecule has 1 unspecified atom stereocenters. The predicted molar refractivity (Wildman–Crippen MR) is 70.3 cm³/mol. The zero-order valence-electron chi connectivity index (χ0n) is 11.9. The smallest absolute Gasteiger partial charge is 0.224 e. The standard InChI is InChI=1S/C13H23N3O2/c1-6-13(4,18)8-14-12(17)7-11-9(2)15-16(5)10(11)3/h18H,6-8H2,1-5H3,(H,14,17). The van der Waals surface area contributed by atoms with Crippen molar-refractivity contribution in [2.75, 3.05) is 6.54 Å². The van der Waals surface area contributed by atoms with Gasteiger partial charge >= 0.3 is 0 Å². The lowest BCUT2D eigenvalue weighted by Crippen LogP contribution is -2.40. The topological polar surface area (TPSA) is 67.2 Å². The van der Waals surface area contributed by atoms with Crippen molar-refractivity contribution < 1.29 is 9.90 Å². The lowest BCUT2D eigenvalue weighted by Gasteiger charge is -2.21. The van der Waals surface area contributed by atoms with Crippen molar-refractivity contribution in [1.29, 1.82) is 0 Å². The Morgan fingerprint density at radius 3 is 2.56 bits per heavy atom. The summed E-state index contributed by atoms with van der Waals surface area (Å²) in [6, 6.07) is 0. The van der Waals surface area contributed by atoms with E-state index in [4.69, 9.17) is 0 Å². The Morgan fingerprint density at radius 1 is 1.50 bits per heavy atom. The Bertz CT molecular complexity index is 436. The summed E-state index contributed by atoms with van der Waals surface area (Å²) in [6.45, 7) is 7.73. The SMILES string of the molecule is CCC(C)(O)CNC(=O)Cc1c(C)nn(C)c1C. The van der Waals surface area contributed by atoms with Crippen LogP contribution in [0.3, 0.4) is 0 Å². The average Bonchev–Trinajstić information content (AvgIpc) is 2.54. The second-order valence-corrected chi connectivity index (χ2v) is 5.08. The highest BCUT2D eigenvalue weighted by Crippen LogP contribution is 2.12. The molecule has 102 valence electrons. The minimum absolute atomic E-state index is 0.0806. The molecule has 0 aliphatic carbocycles. The molecule has 5 heteroatoms. The third kappa shape index (κ3) is 3.57. The fourth-order valence-electron chi connectivity index (χ4n) is 1.71. The average molecular weight is 253 g/mol. The van der Waals surface area contributed by atoms with Gasteiger partial charge in [-0.3, -0.25) is 9.48 Å². The van der Waals surface area contributed by atoms with E-state index in [1.807, 2.05) is 27.8 Å². The summed E-state index contributed by atoms with van der Waals surface area (Å²) < 4.78 is 1.78. The van der Waals surface area contributed by atoms with Crippen LogP contribution in [-0.2, 0) is 18.3 Å². The van der Waals surface area contributed by atoms with E-state index in [2.05, 4.69) is 10.4 Å². The maximum absolute atomic E-state index is 11.8. The number of nitrogens with one attached hydrogen (secondary N) is 1. The molecular formula is C13H23N3O2. The van der Waals surface area contributed by atoms with E-state index < -0.39 is 5.60 Å². The summed E-state index contributed by atoms with van der Waals surface area (Å²) in [6.07, 6.45) is 0.920. The molecule has 1 amide bonds. The normalized spacial score (nSPS) is 14.3. The van der Waals surface area contributed by atoms with E-state index in [0.717, 1.165) is 17.0 Å². The maximum Gasteiger partial charge on any atom is 0.224 e. The minimum Gasteiger partial charge on any atom is -0.388 e. The van der Waals surface area contributed by atoms with Crippen molar-refractivity contribution in [3.8, 4) is 0 Å². The van der Waals surface area contributed by atoms with Gasteiger partial charge in [-0.1, -0.05) is 6.92 Å². The summed E-state index contributed by atoms with van der Waals surface area (Å²) in [5, 5.41) is 16.9. The van der Waals surface area contributed by atoms with Crippen LogP contribution in [0.1, 0.15) is 37.2 Å². The van der Waals surface area contributed by atoms with Gasteiger partial charge in [0.25, 0.3) is 0 Å². The van der Waals surface area contributed by atoms with Crippen LogP contribution in [0.25, 0.3) is 0 Å². The summed E-state index contributed by atoms with van der Waals surface area (Å²) in [4.78, 5) is 11.8. The van der Waals surface area contributed by atoms with Crippen molar-refractivity contribution in [2.45, 2.75) is 46.1 Å². The molecule has 18 heavy (non-hydrogen) atoms. The van der Waals surface area contributed by atoms with E-state index in [-0.39, 0.29) is 12.5 Å². The highest BCUT2D eigenvalue weighted by molar-refractivity contribution is 5.79. The van der Waals surface area contributed by atoms with Gasteiger partial charge in [-0.25, -0.2) is 0 Å². The van der Waals surface area contributed by atoms with Gasteiger partial charge < -0.3 is 10.4 Å². The number of carbonyl (C=O) groups is 1. The van der Waals surface area contributed by atoms with Gasteiger partial charge in [0, 0.05) is 24.8 Å². The number of amides is 1. The number of rotatable bonds is 5. The Balaban J connectivity index is 2.60. The number of hydrogen-bond donors (Lipinski definition) is 2. The van der Waals surface area contributed by atoms with Gasteiger partial charge in [-0.2, -0.15) is 5.10 Å². The fourth-order valence-corrected chi connectivity index (χ4v) is 1.71. The molecule has 0 radical (unpaired) electrons. The number of aliphatic hydroxyl groups is 1. The first-order valence-electron chi connectivity index (χ1n) is 6.25. The van der Waals surface area contributed by atoms with Crippen molar-refractivity contribution in [2.24, 2.45) is 7.05 Å². The molecule has 0 spiro atoms. The van der Waals surface area contributed by atoms with Crippen molar-refractivity contribution in [3.05, 3.63) is 17.0 Å². The molecule has 1 heterocycles. The Hall–Kier alpha value is -1.36. The van der Waals surface area contributed by atoms with Crippen molar-refractivity contribution in [3.63, 3.8) is 0 Å². The molecule has 0 fully saturated rings. The molecule has 0 aliphatic rings. The number of aryl methyl sites for hydroxylation is 2. The van der Waals surface area contributed by atoms with E-state index in [1.54, 1.807) is 11.6 Å². The molecule has 1 aromatic rings. The van der Waals surface area contributed by atoms with Crippen molar-refractivity contribution in [1.82, 2.24) is 15.1 Å². The van der Waals surface area contributed by atoms with Gasteiger partial charge in [0.2, 0.25) is 5.91 Å². The highest BCUT2D eigenvalue weighted by Gasteiger charge is 2.19. The van der Waals surface area contributed by atoms with Gasteiger partial charge in [-0.05, 0) is 27.2 Å². The molecule has 0 aliphatic heterocycles. The third-order valence-electron chi connectivity index (χ3n) is 3.42. The van der Waals surface area contributed by atoms with Gasteiger partial charge in [0.15, 0.2) is 0 Å². The first-order valence-corrected chi connectivity index (χ1v) is 6.25. The van der Waals surface area contributed by atoms with Gasteiger partial charge in [-0.15, -0.1) is 0 Å². The summed E-state index contributed by atoms with van der Waals surface area (Å²) in [5.41, 5.74) is 2.01. The Morgan fingerprint density at radius 2 is 2.11 bits per heavy atom. The Labute approximate surface area is 108 Å². The molecule has 2 N–H and O–H groups in total. The fraction of sp³-hybridized carbons (Fsp3) is 0.692. The molecule has 5 nitrogen and oxygen atoms in total. The quantitative estimate of drug-likeness (QED) is 0.817. The zero-order chi connectivity index (χ0) is 13.9. The highest BCUT2D eigenvalue weighted by atomic mass is 16.3. The molecule has 0 aromatic carbocycles. The summed E-state index contributed by atoms with van der Waals surface area (Å²) >= 11 is 0. The lowest BCUT2D eigenvalue weighted by atomic mass is 10.0. The monoisotopic (exact) mass is 253 g/mol. The number of nitrogens with zero attached hydrogens (tertiary/aromatic N) is 2. The largest absolute Gasteiger partial charge is 0.388 e. The van der Waals surface area contributed by atoms with Gasteiger partial charge in [0.1, 0.15) is 0 Å². The lowest BCUT2D eigenvalue weighted by molar-refractivity contribution is -0.121. The first kappa shape index (κ1) is 14.7. The predicted octanol–water partition coefficient (Wildman–Crippen LogP) is 0.857. The molecule has 0 bridgehead atoms. The summed E-state index contributed by atoms with van der Waals surface area (Å²) in [5.74, 6) is -0.0806. The molecule has 1 rings (SSSR count). The second-order valence-electron chi connectivity index (χ2n) is 5.08. The molecule has 1 aromatic heterocycles. The van der Waals surface area contributed by atoms with Crippen molar-refractivity contribution >= 4 is 5.91 Å². The number of hydrogen-bond acceptors (Lipinski definition) is 3. The van der Waals surface area contributed by atoms with E-state index in [0.29, 0.717) is 12.8 Å². The van der Waals surface area contributed by atoms with E-state index >= 15 is 0 Å². The van der Waals surface area contributed by atoms with E-state index in [9.17, 15) is 9.90 Å². The number of carbonyl (C=O) groups excluding carboxylic acids is 1. The minimum atomic E-state index is -0.839. The Kier molecular flexibility index (Phi) is 4.51. The van der Waals surface area contributed by atoms with Crippen LogP contribution in [0.4, 0.5) is 0 Å². The molecule has 1 atom stereocenters. The summed E-state index contributed by atoms with van der Waals surface area (Å²) in [7, 11) is 1.87. The molecule has 0 saturated heterocycles. The van der Waals surface area contributed by atoms with Crippen LogP contribution in [0.2, 0.25) is 0 Å². The van der Waals surface area contributed by atoms with Crippen LogP contribution < -0.4 is 5.32 Å². The zero-order valence-corrected chi connectivity index (χ0v) is 11.9. The van der Waals surface area contributed by atoms with Gasteiger partial charge in [0.05, 0.1) is 17.7 Å². The number of aromatic nitrogens is 2. The second kappa shape index (κ2) is 5.52. The third-order valence-corrected chi connectivity index (χ3v) is 3.42. The van der Waals surface area contributed by atoms with Crippen LogP contribution in [-0.4, -0.2) is 32.9 Å². The molecule has 0 saturated carbocycles. The van der Waals surface area contributed by atoms with Crippen LogP contribution in [0, 0.1) is 13.8 Å².